The molecule has 182 valence electrons. The second-order valence-electron chi connectivity index (χ2n) is 7.98. The number of ether oxygens (including phenoxy) is 2. The van der Waals surface area contributed by atoms with Crippen LogP contribution in [-0.2, 0) is 21.8 Å². The molecular weight excluding hydrogens is 496 g/mol. The first-order chi connectivity index (χ1) is 17.6. The molecule has 9 heteroatoms. The van der Waals surface area contributed by atoms with Gasteiger partial charge in [-0.25, -0.2) is 9.31 Å². The third kappa shape index (κ3) is 4.67. The average Bonchev–Trinajstić information content (AvgIpc) is 3.26. The highest BCUT2D eigenvalue weighted by atomic mass is 35.5. The van der Waals surface area contributed by atoms with Gasteiger partial charge in [0.2, 0.25) is 0 Å². The summed E-state index contributed by atoms with van der Waals surface area (Å²) in [5.41, 5.74) is 3.81. The maximum absolute atomic E-state index is 12.8. The fraction of sp³-hybridized carbons (Fsp3) is 0.185. The van der Waals surface area contributed by atoms with Crippen LogP contribution in [0, 0.1) is 0 Å². The number of benzene rings is 3. The zero-order chi connectivity index (χ0) is 25.1. The predicted octanol–water partition coefficient (Wildman–Crippen LogP) is 6.21. The van der Waals surface area contributed by atoms with Gasteiger partial charge < -0.3 is 9.47 Å². The van der Waals surface area contributed by atoms with Crippen LogP contribution in [-0.4, -0.2) is 39.5 Å². The van der Waals surface area contributed by atoms with E-state index in [-0.39, 0.29) is 18.9 Å². The van der Waals surface area contributed by atoms with E-state index in [9.17, 15) is 4.79 Å². The van der Waals surface area contributed by atoms with Crippen molar-refractivity contribution in [1.82, 2.24) is 19.8 Å². The molecule has 5 rings (SSSR count). The highest BCUT2D eigenvalue weighted by Gasteiger charge is 2.25. The Kier molecular flexibility index (Phi) is 7.18. The van der Waals surface area contributed by atoms with Crippen molar-refractivity contribution in [3.8, 4) is 11.1 Å². The Bertz CT molecular complexity index is 1550. The molecule has 0 fully saturated rings. The van der Waals surface area contributed by atoms with Crippen molar-refractivity contribution in [2.24, 2.45) is 0 Å². The standard InChI is InChI=1S/C27H23ClN4O3S/c1-3-35-27(33)25-23(16-36-19-13-11-18(28)12-14-19)32-26(30-29-25)24(22(31-32)15-34-2)21-10-6-8-17-7-4-5-9-20(17)21/h4-14H,3,15-16H2,1-2H3. The van der Waals surface area contributed by atoms with Gasteiger partial charge in [-0.3, -0.25) is 0 Å². The average molecular weight is 519 g/mol. The molecule has 0 radical (unpaired) electrons. The number of halogens is 1. The van der Waals surface area contributed by atoms with E-state index in [1.165, 1.54) is 0 Å². The van der Waals surface area contributed by atoms with Crippen LogP contribution in [0.3, 0.4) is 0 Å². The third-order valence-corrected chi connectivity index (χ3v) is 6.98. The number of methoxy groups -OCH3 is 1. The number of carbonyl (C=O) groups excluding carboxylic acids is 1. The lowest BCUT2D eigenvalue weighted by molar-refractivity contribution is 0.0516. The largest absolute Gasteiger partial charge is 0.461 e. The summed E-state index contributed by atoms with van der Waals surface area (Å²) in [7, 11) is 1.63. The van der Waals surface area contributed by atoms with Crippen molar-refractivity contribution >= 4 is 45.8 Å². The maximum atomic E-state index is 12.8. The summed E-state index contributed by atoms with van der Waals surface area (Å²) in [6.07, 6.45) is 0. The quantitative estimate of drug-likeness (QED) is 0.178. The van der Waals surface area contributed by atoms with Crippen molar-refractivity contribution in [3.05, 3.63) is 88.8 Å². The Morgan fingerprint density at radius 3 is 2.58 bits per heavy atom. The molecule has 0 aliphatic heterocycles. The van der Waals surface area contributed by atoms with Crippen molar-refractivity contribution < 1.29 is 14.3 Å². The van der Waals surface area contributed by atoms with Crippen molar-refractivity contribution in [2.45, 2.75) is 24.2 Å². The lowest BCUT2D eigenvalue weighted by atomic mass is 9.98. The van der Waals surface area contributed by atoms with E-state index in [2.05, 4.69) is 28.4 Å². The van der Waals surface area contributed by atoms with Crippen LogP contribution in [0.1, 0.15) is 28.8 Å². The molecule has 0 atom stereocenters. The van der Waals surface area contributed by atoms with Gasteiger partial charge in [-0.15, -0.1) is 22.0 Å². The first kappa shape index (κ1) is 24.2. The zero-order valence-electron chi connectivity index (χ0n) is 19.8. The smallest absolute Gasteiger partial charge is 0.360 e. The number of nitrogens with zero attached hydrogens (tertiary/aromatic N) is 4. The highest BCUT2D eigenvalue weighted by molar-refractivity contribution is 7.98. The summed E-state index contributed by atoms with van der Waals surface area (Å²) in [5.74, 6) is -0.112. The molecule has 36 heavy (non-hydrogen) atoms. The fourth-order valence-corrected chi connectivity index (χ4v) is 5.13. The second-order valence-corrected chi connectivity index (χ2v) is 9.46. The first-order valence-corrected chi connectivity index (χ1v) is 12.8. The fourth-order valence-electron chi connectivity index (χ4n) is 4.12. The van der Waals surface area contributed by atoms with Crippen LogP contribution in [0.25, 0.3) is 27.5 Å². The number of esters is 1. The van der Waals surface area contributed by atoms with Crippen molar-refractivity contribution in [2.75, 3.05) is 13.7 Å². The Labute approximate surface area is 217 Å². The normalized spacial score (nSPS) is 11.3. The molecular formula is C27H23ClN4O3S. The van der Waals surface area contributed by atoms with Crippen LogP contribution in [0.2, 0.25) is 5.02 Å². The molecule has 0 saturated carbocycles. The lowest BCUT2D eigenvalue weighted by Gasteiger charge is -2.10. The minimum absolute atomic E-state index is 0.141. The molecule has 0 spiro atoms. The highest BCUT2D eigenvalue weighted by Crippen LogP contribution is 2.35. The number of rotatable bonds is 8. The SMILES string of the molecule is CCOC(=O)c1nnc2c(-c3cccc4ccccc34)c(COC)nn2c1CSc1ccc(Cl)cc1. The van der Waals surface area contributed by atoms with Crippen LogP contribution < -0.4 is 0 Å². The first-order valence-electron chi connectivity index (χ1n) is 11.4. The monoisotopic (exact) mass is 518 g/mol. The minimum atomic E-state index is -0.533. The molecule has 2 aromatic heterocycles. The summed E-state index contributed by atoms with van der Waals surface area (Å²) in [4.78, 5) is 13.8. The van der Waals surface area contributed by atoms with Crippen molar-refractivity contribution in [1.29, 1.82) is 0 Å². The summed E-state index contributed by atoms with van der Waals surface area (Å²) >= 11 is 7.59. The molecule has 7 nitrogen and oxygen atoms in total. The van der Waals surface area contributed by atoms with Gasteiger partial charge in [0.1, 0.15) is 0 Å². The molecule has 0 bridgehead atoms. The summed E-state index contributed by atoms with van der Waals surface area (Å²) < 4.78 is 12.5. The molecule has 0 N–H and O–H groups in total. The van der Waals surface area contributed by atoms with Gasteiger partial charge in [-0.1, -0.05) is 54.1 Å². The van der Waals surface area contributed by atoms with Crippen LogP contribution in [0.15, 0.2) is 71.6 Å². The molecule has 2 heterocycles. The number of carbonyl (C=O) groups is 1. The molecule has 5 aromatic rings. The van der Waals surface area contributed by atoms with Gasteiger partial charge in [-0.2, -0.15) is 5.10 Å². The Morgan fingerprint density at radius 2 is 1.81 bits per heavy atom. The summed E-state index contributed by atoms with van der Waals surface area (Å²) in [5, 5.41) is 16.5. The zero-order valence-corrected chi connectivity index (χ0v) is 21.3. The molecule has 0 unspecified atom stereocenters. The van der Waals surface area contributed by atoms with Crippen LogP contribution in [0.4, 0.5) is 0 Å². The van der Waals surface area contributed by atoms with E-state index in [1.807, 2.05) is 48.5 Å². The van der Waals surface area contributed by atoms with Crippen molar-refractivity contribution in [3.63, 3.8) is 0 Å². The van der Waals surface area contributed by atoms with Gasteiger partial charge in [0.25, 0.3) is 0 Å². The van der Waals surface area contributed by atoms with E-state index in [4.69, 9.17) is 26.2 Å². The molecule has 0 saturated heterocycles. The second kappa shape index (κ2) is 10.7. The molecule has 0 aliphatic rings. The Morgan fingerprint density at radius 1 is 1.03 bits per heavy atom. The number of aromatic nitrogens is 4. The van der Waals surface area contributed by atoms with Gasteiger partial charge in [0, 0.05) is 22.8 Å². The molecule has 3 aromatic carbocycles. The van der Waals surface area contributed by atoms with Crippen LogP contribution >= 0.6 is 23.4 Å². The van der Waals surface area contributed by atoms with Gasteiger partial charge >= 0.3 is 5.97 Å². The van der Waals surface area contributed by atoms with Gasteiger partial charge in [-0.05, 0) is 47.5 Å². The number of fused-ring (bicyclic) bond motifs is 2. The minimum Gasteiger partial charge on any atom is -0.461 e. The summed E-state index contributed by atoms with van der Waals surface area (Å²) in [6, 6.07) is 21.8. The van der Waals surface area contributed by atoms with E-state index in [0.717, 1.165) is 26.8 Å². The maximum Gasteiger partial charge on any atom is 0.360 e. The number of hydrogen-bond donors (Lipinski definition) is 0. The Balaban J connectivity index is 1.71. The third-order valence-electron chi connectivity index (χ3n) is 5.71. The lowest BCUT2D eigenvalue weighted by Crippen LogP contribution is -2.16. The molecule has 0 amide bonds. The van der Waals surface area contributed by atoms with E-state index >= 15 is 0 Å². The van der Waals surface area contributed by atoms with Gasteiger partial charge in [0.05, 0.1) is 30.2 Å². The topological polar surface area (TPSA) is 78.6 Å². The number of thioether (sulfide) groups is 1. The van der Waals surface area contributed by atoms with E-state index in [1.54, 1.807) is 30.3 Å². The van der Waals surface area contributed by atoms with Gasteiger partial charge in [0.15, 0.2) is 11.3 Å². The molecule has 0 aliphatic carbocycles. The Hall–Kier alpha value is -3.46. The summed E-state index contributed by atoms with van der Waals surface area (Å²) in [6.45, 7) is 2.27. The predicted molar refractivity (Wildman–Crippen MR) is 141 cm³/mol. The van der Waals surface area contributed by atoms with E-state index in [0.29, 0.717) is 27.8 Å². The van der Waals surface area contributed by atoms with Crippen LogP contribution in [0.5, 0.6) is 0 Å². The number of hydrogen-bond acceptors (Lipinski definition) is 7. The van der Waals surface area contributed by atoms with E-state index < -0.39 is 5.97 Å².